The molecule has 0 N–H and O–H groups in total. The molecule has 0 heterocycles. The van der Waals surface area contributed by atoms with Gasteiger partial charge in [0.05, 0.1) is 41.3 Å². The molecule has 0 spiro atoms. The Hall–Kier alpha value is -1.14. The third kappa shape index (κ3) is 13.2. The topological polar surface area (TPSA) is 52.6 Å². The molecule has 0 aliphatic heterocycles. The normalized spacial score (nSPS) is 14.7. The molecule has 0 aliphatic carbocycles. The van der Waals surface area contributed by atoms with Crippen LogP contribution in [0, 0.1) is 23.7 Å². The van der Waals surface area contributed by atoms with E-state index in [0.717, 1.165) is 28.5 Å². The van der Waals surface area contributed by atoms with Crippen LogP contribution in [0.3, 0.4) is 0 Å². The second-order valence-corrected chi connectivity index (χ2v) is 11.1. The zero-order valence-electron chi connectivity index (χ0n) is 21.5. The summed E-state index contributed by atoms with van der Waals surface area (Å²) < 4.78 is 11.9. The Morgan fingerprint density at radius 1 is 0.767 bits per heavy atom. The molecule has 6 nitrogen and oxygen atoms in total. The van der Waals surface area contributed by atoms with Crippen molar-refractivity contribution in [2.24, 2.45) is 23.7 Å². The highest BCUT2D eigenvalue weighted by Gasteiger charge is 2.27. The lowest BCUT2D eigenvalue weighted by Gasteiger charge is -2.35. The van der Waals surface area contributed by atoms with Crippen molar-refractivity contribution in [1.29, 1.82) is 0 Å². The third-order valence-electron chi connectivity index (χ3n) is 5.97. The first kappa shape index (κ1) is 28.9. The van der Waals surface area contributed by atoms with Crippen LogP contribution < -0.4 is 0 Å². The monoisotopic (exact) mass is 430 g/mol. The molecule has 2 atom stereocenters. The van der Waals surface area contributed by atoms with Gasteiger partial charge in [0.25, 0.3) is 0 Å². The van der Waals surface area contributed by atoms with Gasteiger partial charge in [0.1, 0.15) is 26.3 Å². The summed E-state index contributed by atoms with van der Waals surface area (Å²) in [4.78, 5) is 23.9. The van der Waals surface area contributed by atoms with E-state index in [4.69, 9.17) is 9.47 Å². The van der Waals surface area contributed by atoms with Gasteiger partial charge in [0, 0.05) is 11.8 Å². The molecule has 0 saturated carbocycles. The van der Waals surface area contributed by atoms with Gasteiger partial charge in [0.2, 0.25) is 0 Å². The molecule has 0 bridgehead atoms. The molecule has 6 heteroatoms. The molecule has 0 saturated heterocycles. The Kier molecular flexibility index (Phi) is 12.8. The number of nitrogens with zero attached hydrogens (tertiary/aromatic N) is 2. The van der Waals surface area contributed by atoms with Gasteiger partial charge in [-0.3, -0.25) is 0 Å². The first-order valence-corrected chi connectivity index (χ1v) is 11.7. The summed E-state index contributed by atoms with van der Waals surface area (Å²) in [7, 11) is 8.53. The lowest BCUT2D eigenvalue weighted by atomic mass is 9.87. The summed E-state index contributed by atoms with van der Waals surface area (Å²) in [6.45, 7) is 17.3. The smallest absolute Gasteiger partial charge is 0.417 e. The fraction of sp³-hybridized carbons (Fsp3) is 0.917. The van der Waals surface area contributed by atoms with Crippen LogP contribution in [-0.4, -0.2) is 88.5 Å². The molecule has 178 valence electrons. The van der Waals surface area contributed by atoms with Crippen LogP contribution in [-0.2, 0) is 19.1 Å². The van der Waals surface area contributed by atoms with Crippen molar-refractivity contribution in [3.05, 3.63) is 0 Å². The molecular weight excluding hydrogens is 380 g/mol. The molecule has 0 aromatic rings. The van der Waals surface area contributed by atoms with E-state index in [0.29, 0.717) is 36.8 Å². The van der Waals surface area contributed by atoms with E-state index in [2.05, 4.69) is 69.7 Å². The van der Waals surface area contributed by atoms with Crippen molar-refractivity contribution in [2.75, 3.05) is 67.6 Å². The molecule has 0 fully saturated rings. The highest BCUT2D eigenvalue weighted by molar-refractivity contribution is 6.29. The fourth-order valence-electron chi connectivity index (χ4n) is 3.84. The van der Waals surface area contributed by atoms with Gasteiger partial charge in [-0.05, 0) is 24.7 Å². The Morgan fingerprint density at radius 2 is 1.20 bits per heavy atom. The molecule has 0 aromatic carbocycles. The number of hydrogen-bond donors (Lipinski definition) is 0. The van der Waals surface area contributed by atoms with Gasteiger partial charge in [0.15, 0.2) is 0 Å². The summed E-state index contributed by atoms with van der Waals surface area (Å²) in [6.07, 6.45) is 2.31. The molecular formula is C24H50N2O4+2. The highest BCUT2D eigenvalue weighted by Crippen LogP contribution is 2.23. The number of esters is 2. The highest BCUT2D eigenvalue weighted by atomic mass is 16.6. The van der Waals surface area contributed by atoms with Crippen LogP contribution in [0.5, 0.6) is 0 Å². The van der Waals surface area contributed by atoms with Crippen molar-refractivity contribution in [2.45, 2.75) is 54.4 Å². The summed E-state index contributed by atoms with van der Waals surface area (Å²) >= 11 is 0. The molecule has 0 aliphatic rings. The van der Waals surface area contributed by atoms with Crippen molar-refractivity contribution in [3.8, 4) is 0 Å². The zero-order chi connectivity index (χ0) is 23.5. The molecule has 0 amide bonds. The standard InChI is InChI=1S/C24H50N2O4/c1-11-21(6)17-25(7,8)12-14-29-23(27)24(28)30-15-13-26(9,10)18-22(20(4)5)16-19(2)3/h19-22H,11-18H2,1-10H3/q+2. The van der Waals surface area contributed by atoms with Crippen LogP contribution in [0.2, 0.25) is 0 Å². The lowest BCUT2D eigenvalue weighted by molar-refractivity contribution is -0.894. The SMILES string of the molecule is CCC(C)C[N+](C)(C)CCOC(=O)C(=O)OCC[N+](C)(C)CC(CC(C)C)C(C)C. The average molecular weight is 431 g/mol. The predicted molar refractivity (Wildman–Crippen MR) is 123 cm³/mol. The van der Waals surface area contributed by atoms with Crippen LogP contribution >= 0.6 is 0 Å². The predicted octanol–water partition coefficient (Wildman–Crippen LogP) is 3.59. The van der Waals surface area contributed by atoms with Gasteiger partial charge in [-0.15, -0.1) is 0 Å². The fourth-order valence-corrected chi connectivity index (χ4v) is 3.84. The molecule has 0 aromatic heterocycles. The molecule has 0 radical (unpaired) electrons. The number of ether oxygens (including phenoxy) is 2. The van der Waals surface area contributed by atoms with Gasteiger partial charge >= 0.3 is 11.9 Å². The van der Waals surface area contributed by atoms with Crippen LogP contribution in [0.1, 0.15) is 54.4 Å². The number of rotatable bonds is 14. The van der Waals surface area contributed by atoms with Crippen LogP contribution in [0.25, 0.3) is 0 Å². The van der Waals surface area contributed by atoms with E-state index in [1.165, 1.54) is 6.42 Å². The van der Waals surface area contributed by atoms with E-state index in [1.807, 2.05) is 0 Å². The van der Waals surface area contributed by atoms with Crippen molar-refractivity contribution in [3.63, 3.8) is 0 Å². The lowest BCUT2D eigenvalue weighted by Crippen LogP contribution is -2.47. The molecule has 2 unspecified atom stereocenters. The number of quaternary nitrogens is 2. The Balaban J connectivity index is 4.34. The van der Waals surface area contributed by atoms with E-state index in [-0.39, 0.29) is 13.2 Å². The molecule has 0 rings (SSSR count). The van der Waals surface area contributed by atoms with E-state index in [1.54, 1.807) is 0 Å². The minimum absolute atomic E-state index is 0.225. The quantitative estimate of drug-likeness (QED) is 0.240. The van der Waals surface area contributed by atoms with Gasteiger partial charge in [-0.1, -0.05) is 41.5 Å². The van der Waals surface area contributed by atoms with E-state index >= 15 is 0 Å². The zero-order valence-corrected chi connectivity index (χ0v) is 21.5. The Morgan fingerprint density at radius 3 is 1.57 bits per heavy atom. The maximum absolute atomic E-state index is 12.0. The van der Waals surface area contributed by atoms with Gasteiger partial charge in [-0.25, -0.2) is 9.59 Å². The number of carbonyl (C=O) groups is 2. The number of hydrogen-bond acceptors (Lipinski definition) is 4. The number of carbonyl (C=O) groups excluding carboxylic acids is 2. The summed E-state index contributed by atoms with van der Waals surface area (Å²) in [5, 5.41) is 0. The minimum Gasteiger partial charge on any atom is -0.451 e. The van der Waals surface area contributed by atoms with Crippen LogP contribution in [0.4, 0.5) is 0 Å². The van der Waals surface area contributed by atoms with Gasteiger partial charge < -0.3 is 18.4 Å². The average Bonchev–Trinajstić information content (AvgIpc) is 2.59. The second kappa shape index (κ2) is 13.3. The minimum atomic E-state index is -0.885. The van der Waals surface area contributed by atoms with Crippen molar-refractivity contribution in [1.82, 2.24) is 0 Å². The third-order valence-corrected chi connectivity index (χ3v) is 5.97. The van der Waals surface area contributed by atoms with E-state index < -0.39 is 11.9 Å². The summed E-state index contributed by atoms with van der Waals surface area (Å²) in [6, 6.07) is 0. The Bertz CT molecular complexity index is 515. The maximum atomic E-state index is 12.0. The van der Waals surface area contributed by atoms with Crippen molar-refractivity contribution < 1.29 is 28.0 Å². The number of likely N-dealkylation sites (N-methyl/N-ethyl adjacent to an activating group) is 2. The van der Waals surface area contributed by atoms with Crippen LogP contribution in [0.15, 0.2) is 0 Å². The summed E-state index contributed by atoms with van der Waals surface area (Å²) in [5.74, 6) is 0.744. The summed E-state index contributed by atoms with van der Waals surface area (Å²) in [5.41, 5.74) is 0. The second-order valence-electron chi connectivity index (χ2n) is 11.1. The maximum Gasteiger partial charge on any atom is 0.417 e. The largest absolute Gasteiger partial charge is 0.451 e. The Labute approximate surface area is 186 Å². The first-order valence-electron chi connectivity index (χ1n) is 11.7. The van der Waals surface area contributed by atoms with E-state index in [9.17, 15) is 9.59 Å². The van der Waals surface area contributed by atoms with Crippen molar-refractivity contribution >= 4 is 11.9 Å². The van der Waals surface area contributed by atoms with Gasteiger partial charge in [-0.2, -0.15) is 0 Å². The molecule has 30 heavy (non-hydrogen) atoms. The first-order chi connectivity index (χ1) is 13.7.